The number of carboxylic acids is 1. The molecule has 1 unspecified atom stereocenters. The highest BCUT2D eigenvalue weighted by Crippen LogP contribution is 2.36. The van der Waals surface area contributed by atoms with Gasteiger partial charge in [-0.2, -0.15) is 0 Å². The van der Waals surface area contributed by atoms with Crippen LogP contribution in [0.25, 0.3) is 0 Å². The van der Waals surface area contributed by atoms with Crippen molar-refractivity contribution in [3.8, 4) is 0 Å². The van der Waals surface area contributed by atoms with E-state index in [1.807, 2.05) is 0 Å². The zero-order valence-corrected chi connectivity index (χ0v) is 8.49. The Hall–Kier alpha value is -0.910. The summed E-state index contributed by atoms with van der Waals surface area (Å²) in [5.41, 5.74) is 0. The van der Waals surface area contributed by atoms with Crippen molar-refractivity contribution in [1.29, 1.82) is 0 Å². The van der Waals surface area contributed by atoms with Gasteiger partial charge in [-0.1, -0.05) is 0 Å². The first-order valence-corrected chi connectivity index (χ1v) is 5.41. The molecule has 0 aromatic heterocycles. The molecule has 14 heavy (non-hydrogen) atoms. The van der Waals surface area contributed by atoms with Gasteiger partial charge in [0.15, 0.2) is 0 Å². The van der Waals surface area contributed by atoms with E-state index in [-0.39, 0.29) is 19.4 Å². The van der Waals surface area contributed by atoms with E-state index < -0.39 is 19.7 Å². The molecule has 0 rings (SSSR count). The second-order valence-electron chi connectivity index (χ2n) is 2.51. The summed E-state index contributed by atoms with van der Waals surface area (Å²) < 4.78 is 15.0. The van der Waals surface area contributed by atoms with Crippen molar-refractivity contribution >= 4 is 19.7 Å². The van der Waals surface area contributed by atoms with E-state index in [1.54, 1.807) is 0 Å². The highest BCUT2D eigenvalue weighted by Gasteiger charge is 2.21. The Morgan fingerprint density at radius 3 is 2.50 bits per heavy atom. The molecule has 0 aromatic carbocycles. The molecule has 0 aliphatic rings. The maximum absolute atomic E-state index is 10.9. The summed E-state index contributed by atoms with van der Waals surface area (Å²) in [5.74, 6) is -1.87. The van der Waals surface area contributed by atoms with Crippen LogP contribution < -0.4 is 5.09 Å². The molecule has 8 heteroatoms. The predicted molar refractivity (Wildman–Crippen MR) is 46.5 cm³/mol. The molecule has 0 spiro atoms. The third-order valence-corrected chi connectivity index (χ3v) is 2.26. The number of carbonyl (C=O) groups excluding carboxylic acids is 1. The van der Waals surface area contributed by atoms with Gasteiger partial charge in [0.2, 0.25) is 0 Å². The van der Waals surface area contributed by atoms with Gasteiger partial charge in [0.1, 0.15) is 0 Å². The van der Waals surface area contributed by atoms with Gasteiger partial charge in [0, 0.05) is 19.9 Å². The molecule has 0 amide bonds. The van der Waals surface area contributed by atoms with Gasteiger partial charge in [-0.25, -0.2) is 9.65 Å². The molecule has 7 nitrogen and oxygen atoms in total. The molecule has 0 heterocycles. The van der Waals surface area contributed by atoms with Crippen LogP contribution in [0.2, 0.25) is 0 Å². The molecule has 0 radical (unpaired) electrons. The van der Waals surface area contributed by atoms with E-state index in [0.717, 1.165) is 6.92 Å². The predicted octanol–water partition coefficient (Wildman–Crippen LogP) is 0.104. The quantitative estimate of drug-likeness (QED) is 0.434. The number of carbonyl (C=O) groups is 2. The summed E-state index contributed by atoms with van der Waals surface area (Å²) >= 11 is 0. The summed E-state index contributed by atoms with van der Waals surface area (Å²) in [6.07, 6.45) is 0.0637. The minimum Gasteiger partial charge on any atom is -0.481 e. The second-order valence-corrected chi connectivity index (χ2v) is 4.05. The van der Waals surface area contributed by atoms with Crippen molar-refractivity contribution in [3.05, 3.63) is 0 Å². The van der Waals surface area contributed by atoms with Crippen LogP contribution in [0.3, 0.4) is 0 Å². The van der Waals surface area contributed by atoms with E-state index >= 15 is 0 Å². The van der Waals surface area contributed by atoms with Gasteiger partial charge in [0.05, 0.1) is 0 Å². The Bertz CT molecular complexity index is 265. The first kappa shape index (κ1) is 13.1. The minimum atomic E-state index is -4.10. The fourth-order valence-electron chi connectivity index (χ4n) is 0.666. The van der Waals surface area contributed by atoms with Crippen molar-refractivity contribution in [3.63, 3.8) is 0 Å². The van der Waals surface area contributed by atoms with Gasteiger partial charge in [-0.05, 0) is 6.42 Å². The van der Waals surface area contributed by atoms with Crippen molar-refractivity contribution in [2.45, 2.75) is 19.8 Å². The van der Waals surface area contributed by atoms with Crippen LogP contribution in [0.4, 0.5) is 0 Å². The average Bonchev–Trinajstić information content (AvgIpc) is 1.95. The van der Waals surface area contributed by atoms with Crippen LogP contribution in [-0.4, -0.2) is 28.5 Å². The van der Waals surface area contributed by atoms with Crippen LogP contribution in [0.1, 0.15) is 19.8 Å². The molecule has 0 fully saturated rings. The van der Waals surface area contributed by atoms with Crippen LogP contribution in [0.5, 0.6) is 0 Å². The lowest BCUT2D eigenvalue weighted by atomic mass is 10.3. The van der Waals surface area contributed by atoms with E-state index in [4.69, 9.17) is 10.00 Å². The Labute approximate surface area is 80.7 Å². The number of rotatable bonds is 6. The summed E-state index contributed by atoms with van der Waals surface area (Å²) in [6.45, 7) is 0.995. The highest BCUT2D eigenvalue weighted by atomic mass is 31.2. The van der Waals surface area contributed by atoms with Crippen molar-refractivity contribution in [2.75, 3.05) is 6.54 Å². The maximum Gasteiger partial charge on any atom is 0.458 e. The van der Waals surface area contributed by atoms with E-state index in [1.165, 1.54) is 0 Å². The molecule has 0 bridgehead atoms. The lowest BCUT2D eigenvalue weighted by Crippen LogP contribution is -2.16. The van der Waals surface area contributed by atoms with Gasteiger partial charge in [0.25, 0.3) is 0 Å². The van der Waals surface area contributed by atoms with Crippen LogP contribution >= 0.6 is 7.75 Å². The third-order valence-electron chi connectivity index (χ3n) is 1.13. The molecule has 0 saturated heterocycles. The Morgan fingerprint density at radius 1 is 1.50 bits per heavy atom. The van der Waals surface area contributed by atoms with Crippen molar-refractivity contribution in [2.24, 2.45) is 0 Å². The monoisotopic (exact) mass is 225 g/mol. The zero-order chi connectivity index (χ0) is 11.2. The topological polar surface area (TPSA) is 113 Å². The third kappa shape index (κ3) is 7.72. The molecule has 0 aromatic rings. The maximum atomic E-state index is 10.9. The second kappa shape index (κ2) is 5.74. The Balaban J connectivity index is 3.71. The molecule has 0 aliphatic heterocycles. The van der Waals surface area contributed by atoms with Gasteiger partial charge in [-0.15, -0.1) is 0 Å². The highest BCUT2D eigenvalue weighted by molar-refractivity contribution is 7.51. The normalized spacial score (nSPS) is 14.4. The number of hydrogen-bond donors (Lipinski definition) is 3. The smallest absolute Gasteiger partial charge is 0.458 e. The molecular weight excluding hydrogens is 213 g/mol. The molecule has 1 atom stereocenters. The van der Waals surface area contributed by atoms with E-state index in [0.29, 0.717) is 0 Å². The summed E-state index contributed by atoms with van der Waals surface area (Å²) in [5, 5.41) is 10.3. The standard InChI is InChI=1S/C6H12NO6P/c1-5(8)13-14(11,12)7-4-2-3-6(9)10/h2-4H2,1H3,(H,9,10)(H2,7,11,12). The van der Waals surface area contributed by atoms with Gasteiger partial charge in [-0.3, -0.25) is 9.59 Å². The first-order valence-electron chi connectivity index (χ1n) is 3.83. The number of carboxylic acid groups (broad SMARTS) is 1. The zero-order valence-electron chi connectivity index (χ0n) is 7.60. The lowest BCUT2D eigenvalue weighted by molar-refractivity contribution is -0.137. The molecule has 0 aliphatic carbocycles. The fourth-order valence-corrected chi connectivity index (χ4v) is 1.52. The van der Waals surface area contributed by atoms with Crippen LogP contribution in [-0.2, 0) is 18.7 Å². The molecule has 82 valence electrons. The van der Waals surface area contributed by atoms with E-state index in [2.05, 4.69) is 9.61 Å². The van der Waals surface area contributed by atoms with Gasteiger partial charge >= 0.3 is 19.7 Å². The first-order chi connectivity index (χ1) is 6.33. The summed E-state index contributed by atoms with van der Waals surface area (Å²) in [6, 6.07) is 0. The van der Waals surface area contributed by atoms with Gasteiger partial charge < -0.3 is 14.5 Å². The van der Waals surface area contributed by atoms with Crippen molar-refractivity contribution in [1.82, 2.24) is 5.09 Å². The largest absolute Gasteiger partial charge is 0.481 e. The average molecular weight is 225 g/mol. The fraction of sp³-hybridized carbons (Fsp3) is 0.667. The van der Waals surface area contributed by atoms with Crippen LogP contribution in [0, 0.1) is 0 Å². The number of aliphatic carboxylic acids is 1. The Kier molecular flexibility index (Phi) is 5.37. The molecule has 0 saturated carbocycles. The SMILES string of the molecule is CC(=O)OP(=O)(O)NCCCC(=O)O. The number of nitrogens with one attached hydrogen (secondary N) is 1. The Morgan fingerprint density at radius 2 is 2.07 bits per heavy atom. The molecule has 3 N–H and O–H groups in total. The molecular formula is C6H12NO6P. The summed E-state index contributed by atoms with van der Waals surface area (Å²) in [4.78, 5) is 29.3. The van der Waals surface area contributed by atoms with E-state index in [9.17, 15) is 14.2 Å². The van der Waals surface area contributed by atoms with Crippen molar-refractivity contribution < 1.29 is 28.7 Å². The minimum absolute atomic E-state index is 0.00659. The number of hydrogen-bond acceptors (Lipinski definition) is 4. The summed E-state index contributed by atoms with van der Waals surface area (Å²) in [7, 11) is -4.10. The van der Waals surface area contributed by atoms with Crippen LogP contribution in [0.15, 0.2) is 0 Å². The lowest BCUT2D eigenvalue weighted by Gasteiger charge is -2.10.